The minimum Gasteiger partial charge on any atom is -0.477 e. The Balaban J connectivity index is 2.36. The molecule has 4 nitrogen and oxygen atoms in total. The van der Waals surface area contributed by atoms with Crippen molar-refractivity contribution < 1.29 is 9.90 Å². The van der Waals surface area contributed by atoms with Crippen LogP contribution >= 0.6 is 11.6 Å². The van der Waals surface area contributed by atoms with Crippen molar-refractivity contribution in [2.45, 2.75) is 6.42 Å². The number of aromatic nitrogens is 1. The highest BCUT2D eigenvalue weighted by molar-refractivity contribution is 6.33. The second-order valence-electron chi connectivity index (χ2n) is 3.15. The number of halogens is 1. The van der Waals surface area contributed by atoms with Crippen molar-refractivity contribution in [1.82, 2.24) is 4.98 Å². The fourth-order valence-corrected chi connectivity index (χ4v) is 1.53. The maximum Gasteiger partial charge on any atom is 0.354 e. The van der Waals surface area contributed by atoms with Gasteiger partial charge in [0, 0.05) is 13.1 Å². The molecule has 0 aliphatic carbocycles. The average Bonchev–Trinajstić information content (AvgIpc) is 2.05. The highest BCUT2D eigenvalue weighted by atomic mass is 35.5. The van der Waals surface area contributed by atoms with E-state index in [9.17, 15) is 4.79 Å². The number of carbonyl (C=O) groups is 1. The van der Waals surface area contributed by atoms with Gasteiger partial charge in [0.25, 0.3) is 0 Å². The lowest BCUT2D eigenvalue weighted by molar-refractivity contribution is 0.0690. The van der Waals surface area contributed by atoms with E-state index >= 15 is 0 Å². The molecule has 0 saturated carbocycles. The van der Waals surface area contributed by atoms with Crippen molar-refractivity contribution in [3.05, 3.63) is 22.8 Å². The zero-order valence-electron chi connectivity index (χ0n) is 7.40. The Morgan fingerprint density at radius 3 is 2.71 bits per heavy atom. The maximum absolute atomic E-state index is 10.7. The van der Waals surface area contributed by atoms with Crippen molar-refractivity contribution in [1.29, 1.82) is 0 Å². The normalized spacial score (nSPS) is 15.1. The van der Waals surface area contributed by atoms with E-state index in [0.29, 0.717) is 10.8 Å². The Morgan fingerprint density at radius 1 is 1.50 bits per heavy atom. The van der Waals surface area contributed by atoms with E-state index in [1.165, 1.54) is 6.07 Å². The molecule has 1 aromatic rings. The molecule has 1 saturated heterocycles. The third kappa shape index (κ3) is 1.53. The van der Waals surface area contributed by atoms with Gasteiger partial charge in [0.1, 0.15) is 5.82 Å². The van der Waals surface area contributed by atoms with Crippen LogP contribution in [-0.2, 0) is 0 Å². The van der Waals surface area contributed by atoms with Gasteiger partial charge in [-0.3, -0.25) is 0 Å². The van der Waals surface area contributed by atoms with Crippen molar-refractivity contribution in [2.75, 3.05) is 18.0 Å². The molecule has 0 amide bonds. The minimum absolute atomic E-state index is 0.0382. The van der Waals surface area contributed by atoms with Crippen LogP contribution in [0.2, 0.25) is 5.02 Å². The Morgan fingerprint density at radius 2 is 2.21 bits per heavy atom. The van der Waals surface area contributed by atoms with Gasteiger partial charge in [-0.1, -0.05) is 11.6 Å². The summed E-state index contributed by atoms with van der Waals surface area (Å²) in [5.74, 6) is -0.443. The van der Waals surface area contributed by atoms with Crippen LogP contribution in [0.1, 0.15) is 16.9 Å². The predicted octanol–water partition coefficient (Wildman–Crippen LogP) is 1.64. The van der Waals surface area contributed by atoms with Gasteiger partial charge in [-0.05, 0) is 18.6 Å². The van der Waals surface area contributed by atoms with Crippen LogP contribution < -0.4 is 4.90 Å². The molecule has 2 heterocycles. The Labute approximate surface area is 86.1 Å². The lowest BCUT2D eigenvalue weighted by Crippen LogP contribution is -2.38. The zero-order valence-corrected chi connectivity index (χ0v) is 8.16. The van der Waals surface area contributed by atoms with Crippen molar-refractivity contribution in [3.63, 3.8) is 0 Å². The largest absolute Gasteiger partial charge is 0.477 e. The molecule has 0 radical (unpaired) electrons. The first kappa shape index (κ1) is 9.27. The molecule has 5 heteroatoms. The SMILES string of the molecule is O=C(O)c1ccc(Cl)c(N2CCC2)n1. The van der Waals surface area contributed by atoms with Crippen LogP contribution in [-0.4, -0.2) is 29.1 Å². The van der Waals surface area contributed by atoms with Crippen LogP contribution in [0, 0.1) is 0 Å². The molecule has 1 fully saturated rings. The highest BCUT2D eigenvalue weighted by Crippen LogP contribution is 2.27. The second kappa shape index (κ2) is 3.46. The number of carboxylic acids is 1. The lowest BCUT2D eigenvalue weighted by atomic mass is 10.2. The molecule has 0 atom stereocenters. The summed E-state index contributed by atoms with van der Waals surface area (Å²) in [5, 5.41) is 9.26. The minimum atomic E-state index is -1.02. The van der Waals surface area contributed by atoms with E-state index in [0.717, 1.165) is 19.5 Å². The van der Waals surface area contributed by atoms with E-state index in [2.05, 4.69) is 4.98 Å². The summed E-state index contributed by atoms with van der Waals surface area (Å²) in [4.78, 5) is 16.6. The monoisotopic (exact) mass is 212 g/mol. The van der Waals surface area contributed by atoms with E-state index in [1.807, 2.05) is 4.90 Å². The third-order valence-electron chi connectivity index (χ3n) is 2.20. The zero-order chi connectivity index (χ0) is 10.1. The number of rotatable bonds is 2. The number of carboxylic acid groups (broad SMARTS) is 1. The second-order valence-corrected chi connectivity index (χ2v) is 3.55. The molecule has 0 unspecified atom stereocenters. The van der Waals surface area contributed by atoms with Crippen molar-refractivity contribution in [2.24, 2.45) is 0 Å². The molecule has 1 aliphatic heterocycles. The number of nitrogens with zero attached hydrogens (tertiary/aromatic N) is 2. The van der Waals surface area contributed by atoms with Crippen LogP contribution in [0.4, 0.5) is 5.82 Å². The summed E-state index contributed by atoms with van der Waals surface area (Å²) < 4.78 is 0. The number of hydrogen-bond donors (Lipinski definition) is 1. The van der Waals surface area contributed by atoms with E-state index < -0.39 is 5.97 Å². The van der Waals surface area contributed by atoms with Crippen LogP contribution in [0.5, 0.6) is 0 Å². The highest BCUT2D eigenvalue weighted by Gasteiger charge is 2.20. The van der Waals surface area contributed by atoms with Gasteiger partial charge < -0.3 is 10.0 Å². The number of aromatic carboxylic acids is 1. The molecule has 2 rings (SSSR count). The fourth-order valence-electron chi connectivity index (χ4n) is 1.30. The topological polar surface area (TPSA) is 53.4 Å². The van der Waals surface area contributed by atoms with Gasteiger partial charge in [0.2, 0.25) is 0 Å². The Hall–Kier alpha value is -1.29. The van der Waals surface area contributed by atoms with Crippen LogP contribution in [0.3, 0.4) is 0 Å². The third-order valence-corrected chi connectivity index (χ3v) is 2.50. The summed E-state index contributed by atoms with van der Waals surface area (Å²) in [7, 11) is 0. The summed E-state index contributed by atoms with van der Waals surface area (Å²) in [6.45, 7) is 1.80. The first-order valence-electron chi connectivity index (χ1n) is 4.33. The van der Waals surface area contributed by atoms with E-state index in [4.69, 9.17) is 16.7 Å². The quantitative estimate of drug-likeness (QED) is 0.810. The summed E-state index contributed by atoms with van der Waals surface area (Å²) in [5.41, 5.74) is 0.0382. The van der Waals surface area contributed by atoms with Crippen molar-refractivity contribution in [3.8, 4) is 0 Å². The average molecular weight is 213 g/mol. The molecule has 0 bridgehead atoms. The molecule has 14 heavy (non-hydrogen) atoms. The standard InChI is InChI=1S/C9H9ClN2O2/c10-6-2-3-7(9(13)14)11-8(6)12-4-1-5-12/h2-3H,1,4-5H2,(H,13,14). The summed E-state index contributed by atoms with van der Waals surface area (Å²) in [6.07, 6.45) is 1.11. The molecule has 1 aromatic heterocycles. The van der Waals surface area contributed by atoms with Gasteiger partial charge in [0.05, 0.1) is 5.02 Å². The van der Waals surface area contributed by atoms with Crippen LogP contribution in [0.15, 0.2) is 12.1 Å². The van der Waals surface area contributed by atoms with Gasteiger partial charge in [-0.2, -0.15) is 0 Å². The van der Waals surface area contributed by atoms with Crippen LogP contribution in [0.25, 0.3) is 0 Å². The molecular weight excluding hydrogens is 204 g/mol. The summed E-state index contributed by atoms with van der Waals surface area (Å²) in [6, 6.07) is 2.99. The first-order valence-corrected chi connectivity index (χ1v) is 4.71. The van der Waals surface area contributed by atoms with Crippen molar-refractivity contribution >= 4 is 23.4 Å². The fraction of sp³-hybridized carbons (Fsp3) is 0.333. The number of anilines is 1. The van der Waals surface area contributed by atoms with E-state index in [1.54, 1.807) is 6.07 Å². The molecule has 1 aliphatic rings. The number of pyridine rings is 1. The smallest absolute Gasteiger partial charge is 0.354 e. The van der Waals surface area contributed by atoms with Gasteiger partial charge in [-0.15, -0.1) is 0 Å². The van der Waals surface area contributed by atoms with Gasteiger partial charge in [-0.25, -0.2) is 9.78 Å². The Kier molecular flexibility index (Phi) is 2.29. The molecule has 1 N–H and O–H groups in total. The lowest BCUT2D eigenvalue weighted by Gasteiger charge is -2.32. The molecule has 0 spiro atoms. The summed E-state index contributed by atoms with van der Waals surface area (Å²) >= 11 is 5.91. The first-order chi connectivity index (χ1) is 6.68. The Bertz CT molecular complexity index is 377. The molecular formula is C9H9ClN2O2. The maximum atomic E-state index is 10.7. The van der Waals surface area contributed by atoms with Gasteiger partial charge >= 0.3 is 5.97 Å². The predicted molar refractivity (Wildman–Crippen MR) is 53.0 cm³/mol. The van der Waals surface area contributed by atoms with Gasteiger partial charge in [0.15, 0.2) is 5.69 Å². The molecule has 74 valence electrons. The molecule has 0 aromatic carbocycles. The van der Waals surface area contributed by atoms with E-state index in [-0.39, 0.29) is 5.69 Å². The number of hydrogen-bond acceptors (Lipinski definition) is 3.